The van der Waals surface area contributed by atoms with Crippen LogP contribution in [0.25, 0.3) is 0 Å². The van der Waals surface area contributed by atoms with Crippen LogP contribution in [0.1, 0.15) is 38.1 Å². The van der Waals surface area contributed by atoms with Crippen LogP contribution in [-0.4, -0.2) is 53.3 Å². The second-order valence-electron chi connectivity index (χ2n) is 5.70. The van der Waals surface area contributed by atoms with E-state index in [1.165, 1.54) is 0 Å². The van der Waals surface area contributed by atoms with Gasteiger partial charge in [0.15, 0.2) is 0 Å². The molecule has 0 radical (unpaired) electrons. The first-order valence-electron chi connectivity index (χ1n) is 8.06. The molecule has 1 aliphatic rings. The summed E-state index contributed by atoms with van der Waals surface area (Å²) in [4.78, 5) is 15.7. The van der Waals surface area contributed by atoms with Crippen molar-refractivity contribution >= 4 is 22.5 Å². The fourth-order valence-electron chi connectivity index (χ4n) is 2.55. The molecule has 1 N–H and O–H groups in total. The lowest BCUT2D eigenvalue weighted by Crippen LogP contribution is -2.53. The van der Waals surface area contributed by atoms with Crippen molar-refractivity contribution in [1.82, 2.24) is 20.4 Å². The molecule has 1 aliphatic heterocycles. The number of nitrogens with one attached hydrogen (secondary N) is 1. The third-order valence-electron chi connectivity index (χ3n) is 3.95. The smallest absolute Gasteiger partial charge is 0.343 e. The predicted octanol–water partition coefficient (Wildman–Crippen LogP) is 2.97. The maximum absolute atomic E-state index is 12.6. The minimum absolute atomic E-state index is 0.108. The second kappa shape index (κ2) is 8.00. The van der Waals surface area contributed by atoms with E-state index in [0.717, 1.165) is 19.3 Å². The molecule has 0 aromatic carbocycles. The third-order valence-corrected chi connectivity index (χ3v) is 4.98. The van der Waals surface area contributed by atoms with E-state index in [0.29, 0.717) is 37.5 Å². The van der Waals surface area contributed by atoms with E-state index in [1.54, 1.807) is 9.80 Å². The number of hydrogen-bond donors (Lipinski definition) is 1. The summed E-state index contributed by atoms with van der Waals surface area (Å²) in [6.45, 7) is 5.91. The van der Waals surface area contributed by atoms with Crippen molar-refractivity contribution in [1.29, 1.82) is 0 Å². The Morgan fingerprint density at radius 3 is 2.42 bits per heavy atom. The molecule has 2 amide bonds. The number of amides is 2. The van der Waals surface area contributed by atoms with E-state index >= 15 is 0 Å². The molecule has 0 unspecified atom stereocenters. The highest BCUT2D eigenvalue weighted by Gasteiger charge is 2.36. The van der Waals surface area contributed by atoms with Gasteiger partial charge in [0.2, 0.25) is 10.1 Å². The number of anilines is 1. The Balaban J connectivity index is 1.87. The first-order valence-corrected chi connectivity index (χ1v) is 8.87. The number of urea groups is 1. The molecule has 6 nitrogen and oxygen atoms in total. The molecule has 2 rings (SSSR count). The molecule has 136 valence electrons. The molecular weight excluding hydrogens is 343 g/mol. The van der Waals surface area contributed by atoms with Crippen LogP contribution in [0.15, 0.2) is 0 Å². The number of carbonyl (C=O) groups is 1. The second-order valence-corrected chi connectivity index (χ2v) is 6.66. The molecular formula is C14H22F3N5OS. The summed E-state index contributed by atoms with van der Waals surface area (Å²) in [6, 6.07) is 0.0567. The van der Waals surface area contributed by atoms with Crippen LogP contribution in [0, 0.1) is 0 Å². The highest BCUT2D eigenvalue weighted by molar-refractivity contribution is 7.15. The summed E-state index contributed by atoms with van der Waals surface area (Å²) in [5.74, 6) is 0. The standard InChI is InChI=1S/C14H22F3N5OS/c1-3-5-10(4-2)18-12(23)21-6-8-22(9-7-21)13-20-19-11(24-13)14(15,16)17/h10H,3-9H2,1-2H3,(H,18,23)/t10-/m1/s1. The van der Waals surface area contributed by atoms with Gasteiger partial charge < -0.3 is 15.1 Å². The average Bonchev–Trinajstić information content (AvgIpc) is 3.04. The Hall–Kier alpha value is -1.58. The average molecular weight is 365 g/mol. The Bertz CT molecular complexity index is 543. The van der Waals surface area contributed by atoms with Gasteiger partial charge in [-0.1, -0.05) is 31.6 Å². The van der Waals surface area contributed by atoms with E-state index in [4.69, 9.17) is 0 Å². The van der Waals surface area contributed by atoms with Gasteiger partial charge in [-0.15, -0.1) is 10.2 Å². The van der Waals surface area contributed by atoms with Crippen molar-refractivity contribution in [3.8, 4) is 0 Å². The van der Waals surface area contributed by atoms with Gasteiger partial charge in [-0.3, -0.25) is 0 Å². The Kier molecular flexibility index (Phi) is 6.25. The number of rotatable bonds is 5. The molecule has 0 bridgehead atoms. The zero-order valence-corrected chi connectivity index (χ0v) is 14.6. The van der Waals surface area contributed by atoms with Gasteiger partial charge >= 0.3 is 12.2 Å². The molecule has 24 heavy (non-hydrogen) atoms. The third kappa shape index (κ3) is 4.71. The zero-order chi connectivity index (χ0) is 17.7. The summed E-state index contributed by atoms with van der Waals surface area (Å²) in [5.41, 5.74) is 0. The van der Waals surface area contributed by atoms with Crippen LogP contribution in [0.3, 0.4) is 0 Å². The minimum atomic E-state index is -4.47. The van der Waals surface area contributed by atoms with E-state index in [9.17, 15) is 18.0 Å². The number of halogens is 3. The minimum Gasteiger partial charge on any atom is -0.343 e. The van der Waals surface area contributed by atoms with Crippen molar-refractivity contribution in [3.05, 3.63) is 5.01 Å². The normalized spacial score (nSPS) is 17.0. The van der Waals surface area contributed by atoms with Gasteiger partial charge in [-0.25, -0.2) is 4.79 Å². The summed E-state index contributed by atoms with van der Waals surface area (Å²) in [6.07, 6.45) is -1.64. The molecule has 10 heteroatoms. The lowest BCUT2D eigenvalue weighted by atomic mass is 10.1. The molecule has 0 aliphatic carbocycles. The largest absolute Gasteiger partial charge is 0.445 e. The Labute approximate surface area is 143 Å². The van der Waals surface area contributed by atoms with E-state index in [-0.39, 0.29) is 17.2 Å². The van der Waals surface area contributed by atoms with Crippen LogP contribution in [0.5, 0.6) is 0 Å². The van der Waals surface area contributed by atoms with Gasteiger partial charge in [-0.05, 0) is 12.8 Å². The monoisotopic (exact) mass is 365 g/mol. The number of carbonyl (C=O) groups excluding carboxylic acids is 1. The first-order chi connectivity index (χ1) is 11.3. The van der Waals surface area contributed by atoms with Crippen LogP contribution < -0.4 is 10.2 Å². The predicted molar refractivity (Wildman–Crippen MR) is 86.2 cm³/mol. The first kappa shape index (κ1) is 18.8. The van der Waals surface area contributed by atoms with Gasteiger partial charge in [0.25, 0.3) is 0 Å². The van der Waals surface area contributed by atoms with Crippen molar-refractivity contribution in [2.24, 2.45) is 0 Å². The number of hydrogen-bond acceptors (Lipinski definition) is 5. The Morgan fingerprint density at radius 1 is 1.25 bits per heavy atom. The SMILES string of the molecule is CCC[C@@H](CC)NC(=O)N1CCN(c2nnc(C(F)(F)F)s2)CC1. The zero-order valence-electron chi connectivity index (χ0n) is 13.8. The van der Waals surface area contributed by atoms with E-state index < -0.39 is 11.2 Å². The summed E-state index contributed by atoms with van der Waals surface area (Å²) < 4.78 is 37.7. The number of nitrogens with zero attached hydrogens (tertiary/aromatic N) is 4. The fraction of sp³-hybridized carbons (Fsp3) is 0.786. The molecule has 0 spiro atoms. The lowest BCUT2D eigenvalue weighted by molar-refractivity contribution is -0.138. The van der Waals surface area contributed by atoms with Gasteiger partial charge in [0, 0.05) is 32.2 Å². The summed E-state index contributed by atoms with van der Waals surface area (Å²) in [5, 5.41) is 9.13. The molecule has 2 heterocycles. The maximum Gasteiger partial charge on any atom is 0.445 e. The van der Waals surface area contributed by atoms with Crippen LogP contribution >= 0.6 is 11.3 Å². The molecule has 1 fully saturated rings. The van der Waals surface area contributed by atoms with Crippen molar-refractivity contribution in [2.75, 3.05) is 31.1 Å². The van der Waals surface area contributed by atoms with Crippen LogP contribution in [0.2, 0.25) is 0 Å². The number of aromatic nitrogens is 2. The van der Waals surface area contributed by atoms with Gasteiger partial charge in [0.1, 0.15) is 0 Å². The van der Waals surface area contributed by atoms with E-state index in [2.05, 4.69) is 22.4 Å². The quantitative estimate of drug-likeness (QED) is 0.871. The van der Waals surface area contributed by atoms with Gasteiger partial charge in [0.05, 0.1) is 0 Å². The lowest BCUT2D eigenvalue weighted by Gasteiger charge is -2.35. The van der Waals surface area contributed by atoms with Crippen molar-refractivity contribution in [3.63, 3.8) is 0 Å². The van der Waals surface area contributed by atoms with Gasteiger partial charge in [-0.2, -0.15) is 13.2 Å². The maximum atomic E-state index is 12.6. The van der Waals surface area contributed by atoms with Crippen molar-refractivity contribution < 1.29 is 18.0 Å². The van der Waals surface area contributed by atoms with E-state index in [1.807, 2.05) is 6.92 Å². The molecule has 1 saturated heterocycles. The highest BCUT2D eigenvalue weighted by atomic mass is 32.1. The molecule has 1 aromatic rings. The Morgan fingerprint density at radius 2 is 1.92 bits per heavy atom. The molecule has 1 aromatic heterocycles. The summed E-state index contributed by atoms with van der Waals surface area (Å²) in [7, 11) is 0. The fourth-order valence-corrected chi connectivity index (χ4v) is 3.32. The number of alkyl halides is 3. The summed E-state index contributed by atoms with van der Waals surface area (Å²) >= 11 is 0.536. The molecule has 0 saturated carbocycles. The molecule has 1 atom stereocenters. The number of piperazine rings is 1. The van der Waals surface area contributed by atoms with Crippen LogP contribution in [-0.2, 0) is 6.18 Å². The highest BCUT2D eigenvalue weighted by Crippen LogP contribution is 2.34. The van der Waals surface area contributed by atoms with Crippen molar-refractivity contribution in [2.45, 2.75) is 45.3 Å². The van der Waals surface area contributed by atoms with Crippen LogP contribution in [0.4, 0.5) is 23.1 Å². The topological polar surface area (TPSA) is 61.4 Å².